The Morgan fingerprint density at radius 3 is 2.15 bits per heavy atom. The Kier molecular flexibility index (Phi) is 4.12. The second kappa shape index (κ2) is 5.37. The molecule has 1 aromatic heterocycles. The van der Waals surface area contributed by atoms with Gasteiger partial charge >= 0.3 is 7.12 Å². The number of hydrogen-bond donors (Lipinski definition) is 0. The highest BCUT2D eigenvalue weighted by Crippen LogP contribution is 2.36. The first kappa shape index (κ1) is 15.3. The zero-order chi connectivity index (χ0) is 15.0. The van der Waals surface area contributed by atoms with E-state index in [4.69, 9.17) is 9.31 Å². The molecule has 1 saturated heterocycles. The molecule has 1 aromatic rings. The van der Waals surface area contributed by atoms with Gasteiger partial charge in [0.25, 0.3) is 0 Å². The summed E-state index contributed by atoms with van der Waals surface area (Å²) in [4.78, 5) is 6.66. The molecule has 0 atom stereocenters. The SMILES string of the molecule is CCN(CC)c1cc(B2OC(C)(C)C(C)(C)O2)ccn1. The molecule has 0 amide bonds. The van der Waals surface area contributed by atoms with Crippen molar-refractivity contribution < 1.29 is 9.31 Å². The number of aromatic nitrogens is 1. The lowest BCUT2D eigenvalue weighted by Crippen LogP contribution is -2.41. The molecule has 2 heterocycles. The summed E-state index contributed by atoms with van der Waals surface area (Å²) in [6.45, 7) is 14.4. The fraction of sp³-hybridized carbons (Fsp3) is 0.667. The smallest absolute Gasteiger partial charge is 0.399 e. The Bertz CT molecular complexity index is 457. The molecule has 1 fully saturated rings. The fourth-order valence-corrected chi connectivity index (χ4v) is 2.28. The third-order valence-corrected chi connectivity index (χ3v) is 4.38. The molecule has 0 aromatic carbocycles. The van der Waals surface area contributed by atoms with E-state index in [9.17, 15) is 0 Å². The highest BCUT2D eigenvalue weighted by atomic mass is 16.7. The van der Waals surface area contributed by atoms with Gasteiger partial charge in [-0.05, 0) is 59.1 Å². The second-order valence-electron chi connectivity index (χ2n) is 6.21. The van der Waals surface area contributed by atoms with E-state index in [1.54, 1.807) is 0 Å². The van der Waals surface area contributed by atoms with Crippen LogP contribution in [0.15, 0.2) is 18.3 Å². The second-order valence-corrected chi connectivity index (χ2v) is 6.21. The van der Waals surface area contributed by atoms with E-state index < -0.39 is 0 Å². The van der Waals surface area contributed by atoms with Gasteiger partial charge in [0.05, 0.1) is 11.2 Å². The van der Waals surface area contributed by atoms with Crippen LogP contribution in [0.25, 0.3) is 0 Å². The molecule has 1 aliphatic heterocycles. The van der Waals surface area contributed by atoms with Crippen molar-refractivity contribution in [2.45, 2.75) is 52.7 Å². The van der Waals surface area contributed by atoms with Gasteiger partial charge in [0.15, 0.2) is 0 Å². The molecule has 2 rings (SSSR count). The predicted molar refractivity (Wildman–Crippen MR) is 83.5 cm³/mol. The topological polar surface area (TPSA) is 34.6 Å². The van der Waals surface area contributed by atoms with E-state index in [1.807, 2.05) is 12.3 Å². The molecule has 0 bridgehead atoms. The number of rotatable bonds is 4. The zero-order valence-corrected chi connectivity index (χ0v) is 13.4. The summed E-state index contributed by atoms with van der Waals surface area (Å²) in [7, 11) is -0.322. The monoisotopic (exact) mass is 276 g/mol. The molecular formula is C15H25BN2O2. The molecule has 1 aliphatic rings. The van der Waals surface area contributed by atoms with Crippen molar-refractivity contribution in [2.75, 3.05) is 18.0 Å². The molecule has 0 radical (unpaired) electrons. The summed E-state index contributed by atoms with van der Waals surface area (Å²) < 4.78 is 12.2. The highest BCUT2D eigenvalue weighted by Gasteiger charge is 2.51. The summed E-state index contributed by atoms with van der Waals surface area (Å²) in [5.41, 5.74) is 0.410. The molecule has 0 N–H and O–H groups in total. The first-order valence-electron chi connectivity index (χ1n) is 7.37. The van der Waals surface area contributed by atoms with E-state index >= 15 is 0 Å². The highest BCUT2D eigenvalue weighted by molar-refractivity contribution is 6.62. The van der Waals surface area contributed by atoms with Crippen molar-refractivity contribution in [1.82, 2.24) is 4.98 Å². The third-order valence-electron chi connectivity index (χ3n) is 4.38. The molecule has 5 heteroatoms. The summed E-state index contributed by atoms with van der Waals surface area (Å²) in [5, 5.41) is 0. The lowest BCUT2D eigenvalue weighted by atomic mass is 9.79. The van der Waals surface area contributed by atoms with Gasteiger partial charge in [-0.15, -0.1) is 0 Å². The van der Waals surface area contributed by atoms with Crippen LogP contribution in [0.2, 0.25) is 0 Å². The standard InChI is InChI=1S/C15H25BN2O2/c1-7-18(8-2)13-11-12(9-10-17-13)16-19-14(3,4)15(5,6)20-16/h9-11H,7-8H2,1-6H3. The molecule has 0 aliphatic carbocycles. The Morgan fingerprint density at radius 2 is 1.65 bits per heavy atom. The Balaban J connectivity index is 2.25. The normalized spacial score (nSPS) is 20.2. The minimum atomic E-state index is -0.322. The number of nitrogens with zero attached hydrogens (tertiary/aromatic N) is 2. The van der Waals surface area contributed by atoms with Gasteiger partial charge in [-0.3, -0.25) is 0 Å². The van der Waals surface area contributed by atoms with Crippen molar-refractivity contribution >= 4 is 18.4 Å². The maximum Gasteiger partial charge on any atom is 0.495 e. The Hall–Kier alpha value is -1.07. The summed E-state index contributed by atoms with van der Waals surface area (Å²) >= 11 is 0. The van der Waals surface area contributed by atoms with Crippen LogP contribution in [0.4, 0.5) is 5.82 Å². The van der Waals surface area contributed by atoms with Gasteiger partial charge in [-0.2, -0.15) is 0 Å². The van der Waals surface area contributed by atoms with Gasteiger partial charge < -0.3 is 14.2 Å². The summed E-state index contributed by atoms with van der Waals surface area (Å²) in [6.07, 6.45) is 1.83. The van der Waals surface area contributed by atoms with Crippen molar-refractivity contribution in [2.24, 2.45) is 0 Å². The van der Waals surface area contributed by atoms with E-state index in [1.165, 1.54) is 0 Å². The van der Waals surface area contributed by atoms with E-state index in [0.717, 1.165) is 24.4 Å². The van der Waals surface area contributed by atoms with Crippen LogP contribution < -0.4 is 10.4 Å². The minimum absolute atomic E-state index is 0.309. The van der Waals surface area contributed by atoms with E-state index in [0.29, 0.717) is 0 Å². The van der Waals surface area contributed by atoms with Crippen LogP contribution in [0.3, 0.4) is 0 Å². The van der Waals surface area contributed by atoms with Crippen LogP contribution >= 0.6 is 0 Å². The predicted octanol–water partition coefficient (Wildman–Crippen LogP) is 2.23. The lowest BCUT2D eigenvalue weighted by molar-refractivity contribution is 0.00578. The van der Waals surface area contributed by atoms with Crippen LogP contribution in [0.1, 0.15) is 41.5 Å². The van der Waals surface area contributed by atoms with E-state index in [-0.39, 0.29) is 18.3 Å². The maximum atomic E-state index is 6.08. The molecule has 0 unspecified atom stereocenters. The van der Waals surface area contributed by atoms with Gasteiger partial charge in [-0.1, -0.05) is 0 Å². The fourth-order valence-electron chi connectivity index (χ4n) is 2.28. The Morgan fingerprint density at radius 1 is 1.10 bits per heavy atom. The first-order valence-corrected chi connectivity index (χ1v) is 7.37. The summed E-state index contributed by atoms with van der Waals surface area (Å²) in [6, 6.07) is 4.03. The zero-order valence-electron chi connectivity index (χ0n) is 13.4. The summed E-state index contributed by atoms with van der Waals surface area (Å²) in [5.74, 6) is 0.974. The third kappa shape index (κ3) is 2.70. The van der Waals surface area contributed by atoms with Crippen LogP contribution in [-0.4, -0.2) is 36.4 Å². The first-order chi connectivity index (χ1) is 9.30. The van der Waals surface area contributed by atoms with E-state index in [2.05, 4.69) is 57.5 Å². The number of hydrogen-bond acceptors (Lipinski definition) is 4. The largest absolute Gasteiger partial charge is 0.495 e. The van der Waals surface area contributed by atoms with Gasteiger partial charge in [0.2, 0.25) is 0 Å². The van der Waals surface area contributed by atoms with Crippen LogP contribution in [-0.2, 0) is 9.31 Å². The Labute approximate surface area is 122 Å². The average Bonchev–Trinajstić information content (AvgIpc) is 2.60. The minimum Gasteiger partial charge on any atom is -0.399 e. The number of anilines is 1. The quantitative estimate of drug-likeness (QED) is 0.790. The maximum absolute atomic E-state index is 6.08. The number of pyridine rings is 1. The average molecular weight is 276 g/mol. The molecule has 20 heavy (non-hydrogen) atoms. The molecule has 110 valence electrons. The van der Waals surface area contributed by atoms with Crippen molar-refractivity contribution in [3.8, 4) is 0 Å². The lowest BCUT2D eigenvalue weighted by Gasteiger charge is -2.32. The molecule has 0 spiro atoms. The molecule has 4 nitrogen and oxygen atoms in total. The van der Waals surface area contributed by atoms with Crippen LogP contribution in [0.5, 0.6) is 0 Å². The van der Waals surface area contributed by atoms with Crippen LogP contribution in [0, 0.1) is 0 Å². The van der Waals surface area contributed by atoms with Crippen molar-refractivity contribution in [3.05, 3.63) is 18.3 Å². The van der Waals surface area contributed by atoms with Crippen molar-refractivity contribution in [3.63, 3.8) is 0 Å². The molecular weight excluding hydrogens is 251 g/mol. The van der Waals surface area contributed by atoms with Gasteiger partial charge in [0.1, 0.15) is 5.82 Å². The van der Waals surface area contributed by atoms with Gasteiger partial charge in [0, 0.05) is 19.3 Å². The van der Waals surface area contributed by atoms with Crippen molar-refractivity contribution in [1.29, 1.82) is 0 Å². The molecule has 0 saturated carbocycles. The van der Waals surface area contributed by atoms with Gasteiger partial charge in [-0.25, -0.2) is 4.98 Å².